The highest BCUT2D eigenvalue weighted by molar-refractivity contribution is 5.26. The first-order valence-electron chi connectivity index (χ1n) is 7.49. The van der Waals surface area contributed by atoms with E-state index in [2.05, 4.69) is 57.3 Å². The lowest BCUT2D eigenvalue weighted by atomic mass is 9.95. The molecule has 0 radical (unpaired) electrons. The van der Waals surface area contributed by atoms with E-state index in [0.29, 0.717) is 6.04 Å². The molecular formula is C17H29N. The highest BCUT2D eigenvalue weighted by atomic mass is 14.9. The minimum atomic E-state index is 0.522. The molecule has 0 heterocycles. The third-order valence-corrected chi connectivity index (χ3v) is 3.38. The molecule has 0 aromatic heterocycles. The fraction of sp³-hybridized carbons (Fsp3) is 0.647. The van der Waals surface area contributed by atoms with Crippen LogP contribution in [0.4, 0.5) is 0 Å². The van der Waals surface area contributed by atoms with Gasteiger partial charge in [0.25, 0.3) is 0 Å². The lowest BCUT2D eigenvalue weighted by Crippen LogP contribution is -2.21. The highest BCUT2D eigenvalue weighted by Crippen LogP contribution is 2.22. The summed E-state index contributed by atoms with van der Waals surface area (Å²) in [5, 5.41) is 3.62. The zero-order valence-corrected chi connectivity index (χ0v) is 12.5. The van der Waals surface area contributed by atoms with Gasteiger partial charge in [-0.1, -0.05) is 58.4 Å². The summed E-state index contributed by atoms with van der Waals surface area (Å²) in [5.41, 5.74) is 2.94. The molecule has 1 nitrogen and oxygen atoms in total. The van der Waals surface area contributed by atoms with Crippen LogP contribution in [0.1, 0.15) is 64.1 Å². The summed E-state index contributed by atoms with van der Waals surface area (Å²) >= 11 is 0. The van der Waals surface area contributed by atoms with Crippen LogP contribution in [0, 0.1) is 5.92 Å². The number of hydrogen-bond acceptors (Lipinski definition) is 1. The van der Waals surface area contributed by atoms with E-state index in [9.17, 15) is 0 Å². The van der Waals surface area contributed by atoms with Crippen LogP contribution in [0.5, 0.6) is 0 Å². The van der Waals surface area contributed by atoms with Gasteiger partial charge in [0.2, 0.25) is 0 Å². The van der Waals surface area contributed by atoms with Crippen LogP contribution < -0.4 is 5.32 Å². The Morgan fingerprint density at radius 1 is 1.11 bits per heavy atom. The second-order valence-corrected chi connectivity index (χ2v) is 5.58. The molecule has 102 valence electrons. The Hall–Kier alpha value is -0.820. The topological polar surface area (TPSA) is 12.0 Å². The maximum absolute atomic E-state index is 3.62. The van der Waals surface area contributed by atoms with Crippen molar-refractivity contribution in [1.82, 2.24) is 5.32 Å². The van der Waals surface area contributed by atoms with Crippen LogP contribution in [0.3, 0.4) is 0 Å². The lowest BCUT2D eigenvalue weighted by Gasteiger charge is -2.20. The zero-order chi connectivity index (χ0) is 13.4. The fourth-order valence-electron chi connectivity index (χ4n) is 2.39. The van der Waals surface area contributed by atoms with Gasteiger partial charge in [0.1, 0.15) is 0 Å². The van der Waals surface area contributed by atoms with Crippen molar-refractivity contribution in [3.05, 3.63) is 35.4 Å². The first-order chi connectivity index (χ1) is 8.67. The van der Waals surface area contributed by atoms with Gasteiger partial charge in [-0.2, -0.15) is 0 Å². The summed E-state index contributed by atoms with van der Waals surface area (Å²) in [4.78, 5) is 0. The van der Waals surface area contributed by atoms with Gasteiger partial charge in [0, 0.05) is 6.04 Å². The van der Waals surface area contributed by atoms with E-state index in [1.807, 2.05) is 0 Å². The summed E-state index contributed by atoms with van der Waals surface area (Å²) in [6.45, 7) is 10.1. The SMILES string of the molecule is CCCc1cccc(C(CCC(C)C)NCC)c1. The monoisotopic (exact) mass is 247 g/mol. The molecule has 18 heavy (non-hydrogen) atoms. The van der Waals surface area contributed by atoms with Crippen LogP contribution in [0.15, 0.2) is 24.3 Å². The molecule has 0 spiro atoms. The average Bonchev–Trinajstić information content (AvgIpc) is 2.35. The van der Waals surface area contributed by atoms with Crippen molar-refractivity contribution in [1.29, 1.82) is 0 Å². The molecule has 0 aliphatic heterocycles. The maximum atomic E-state index is 3.62. The number of aryl methyl sites for hydroxylation is 1. The van der Waals surface area contributed by atoms with Gasteiger partial charge in [-0.3, -0.25) is 0 Å². The number of nitrogens with one attached hydrogen (secondary N) is 1. The van der Waals surface area contributed by atoms with Crippen LogP contribution in [0.2, 0.25) is 0 Å². The molecule has 0 saturated carbocycles. The summed E-state index contributed by atoms with van der Waals surface area (Å²) in [6.07, 6.45) is 4.94. The Balaban J connectivity index is 2.73. The van der Waals surface area contributed by atoms with Crippen LogP contribution >= 0.6 is 0 Å². The number of hydrogen-bond donors (Lipinski definition) is 1. The normalized spacial score (nSPS) is 12.9. The summed E-state index contributed by atoms with van der Waals surface area (Å²) < 4.78 is 0. The van der Waals surface area contributed by atoms with Gasteiger partial charge in [0.15, 0.2) is 0 Å². The molecule has 0 bridgehead atoms. The van der Waals surface area contributed by atoms with Crippen LogP contribution in [-0.2, 0) is 6.42 Å². The Bertz CT molecular complexity index is 330. The molecule has 1 aromatic carbocycles. The standard InChI is InChI=1S/C17H29N/c1-5-8-15-9-7-10-16(13-15)17(18-6-2)12-11-14(3)4/h7,9-10,13-14,17-18H,5-6,8,11-12H2,1-4H3. The molecule has 1 unspecified atom stereocenters. The van der Waals surface area contributed by atoms with Gasteiger partial charge in [0.05, 0.1) is 0 Å². The molecule has 1 aromatic rings. The molecule has 0 saturated heterocycles. The zero-order valence-electron chi connectivity index (χ0n) is 12.5. The van der Waals surface area contributed by atoms with Crippen LogP contribution in [-0.4, -0.2) is 6.54 Å². The van der Waals surface area contributed by atoms with Gasteiger partial charge in [-0.05, 0) is 42.9 Å². The average molecular weight is 247 g/mol. The first-order valence-corrected chi connectivity index (χ1v) is 7.49. The first kappa shape index (κ1) is 15.2. The van der Waals surface area contributed by atoms with Crippen molar-refractivity contribution >= 4 is 0 Å². The van der Waals surface area contributed by atoms with Gasteiger partial charge in [-0.15, -0.1) is 0 Å². The van der Waals surface area contributed by atoms with E-state index in [1.165, 1.54) is 36.8 Å². The Morgan fingerprint density at radius 3 is 2.50 bits per heavy atom. The van der Waals surface area contributed by atoms with Crippen molar-refractivity contribution < 1.29 is 0 Å². The molecule has 1 atom stereocenters. The Kier molecular flexibility index (Phi) is 7.04. The summed E-state index contributed by atoms with van der Waals surface area (Å²) in [7, 11) is 0. The van der Waals surface area contributed by atoms with Crippen molar-refractivity contribution in [3.8, 4) is 0 Å². The Labute approximate surface area is 113 Å². The smallest absolute Gasteiger partial charge is 0.0320 e. The van der Waals surface area contributed by atoms with E-state index in [-0.39, 0.29) is 0 Å². The van der Waals surface area contributed by atoms with E-state index < -0.39 is 0 Å². The molecule has 1 N–H and O–H groups in total. The summed E-state index contributed by atoms with van der Waals surface area (Å²) in [5.74, 6) is 0.782. The lowest BCUT2D eigenvalue weighted by molar-refractivity contribution is 0.448. The quantitative estimate of drug-likeness (QED) is 0.700. The van der Waals surface area contributed by atoms with Gasteiger partial charge >= 0.3 is 0 Å². The fourth-order valence-corrected chi connectivity index (χ4v) is 2.39. The third-order valence-electron chi connectivity index (χ3n) is 3.38. The largest absolute Gasteiger partial charge is 0.310 e. The van der Waals surface area contributed by atoms with E-state index in [4.69, 9.17) is 0 Å². The summed E-state index contributed by atoms with van der Waals surface area (Å²) in [6, 6.07) is 9.64. The minimum absolute atomic E-state index is 0.522. The van der Waals surface area contributed by atoms with E-state index >= 15 is 0 Å². The second-order valence-electron chi connectivity index (χ2n) is 5.58. The number of rotatable bonds is 8. The molecule has 0 aliphatic rings. The highest BCUT2D eigenvalue weighted by Gasteiger charge is 2.11. The Morgan fingerprint density at radius 2 is 1.89 bits per heavy atom. The minimum Gasteiger partial charge on any atom is -0.310 e. The second kappa shape index (κ2) is 8.31. The van der Waals surface area contributed by atoms with Crippen molar-refractivity contribution in [2.24, 2.45) is 5.92 Å². The molecule has 0 aliphatic carbocycles. The molecule has 1 rings (SSSR count). The number of benzene rings is 1. The molecule has 0 amide bonds. The van der Waals surface area contributed by atoms with E-state index in [0.717, 1.165) is 12.5 Å². The predicted octanol–water partition coefficient (Wildman–Crippen LogP) is 4.73. The molecular weight excluding hydrogens is 218 g/mol. The maximum Gasteiger partial charge on any atom is 0.0320 e. The third kappa shape index (κ3) is 5.22. The van der Waals surface area contributed by atoms with Gasteiger partial charge in [-0.25, -0.2) is 0 Å². The molecule has 0 fully saturated rings. The van der Waals surface area contributed by atoms with Gasteiger partial charge < -0.3 is 5.32 Å². The van der Waals surface area contributed by atoms with Crippen molar-refractivity contribution in [3.63, 3.8) is 0 Å². The van der Waals surface area contributed by atoms with Crippen molar-refractivity contribution in [2.75, 3.05) is 6.54 Å². The van der Waals surface area contributed by atoms with Crippen molar-refractivity contribution in [2.45, 2.75) is 59.4 Å². The van der Waals surface area contributed by atoms with Crippen LogP contribution in [0.25, 0.3) is 0 Å². The van der Waals surface area contributed by atoms with E-state index in [1.54, 1.807) is 0 Å². The molecule has 1 heteroatoms. The predicted molar refractivity (Wildman–Crippen MR) is 80.9 cm³/mol.